The summed E-state index contributed by atoms with van der Waals surface area (Å²) >= 11 is 0. The van der Waals surface area contributed by atoms with Crippen LogP contribution >= 0.6 is 0 Å². The normalized spacial score (nSPS) is 29.1. The average Bonchev–Trinajstić information content (AvgIpc) is 2.86. The van der Waals surface area contributed by atoms with Gasteiger partial charge in [-0.05, 0) is 0 Å². The molecule has 0 aliphatic heterocycles. The molecule has 0 saturated heterocycles. The molecule has 4 atom stereocenters. The molecule has 30 heteroatoms. The van der Waals surface area contributed by atoms with Crippen molar-refractivity contribution in [2.45, 2.75) is 72.2 Å². The Kier molecular flexibility index (Phi) is 10.4. The fraction of sp³-hybridized carbons (Fsp3) is 0.667. The van der Waals surface area contributed by atoms with Gasteiger partial charge >= 0.3 is 55.0 Å². The van der Waals surface area contributed by atoms with Crippen molar-refractivity contribution in [3.8, 4) is 0 Å². The third-order valence-electron chi connectivity index (χ3n) is 5.74. The molecule has 1 saturated carbocycles. The summed E-state index contributed by atoms with van der Waals surface area (Å²) in [6, 6.07) is 0. The van der Waals surface area contributed by atoms with Crippen LogP contribution in [0.5, 0.6) is 0 Å². The molecule has 1 fully saturated rings. The van der Waals surface area contributed by atoms with Crippen LogP contribution in [0.2, 0.25) is 0 Å². The summed E-state index contributed by atoms with van der Waals surface area (Å²) in [5.41, 5.74) is -22.8. The van der Waals surface area contributed by atoms with Crippen LogP contribution in [0.3, 0.4) is 0 Å². The first-order valence-electron chi connectivity index (χ1n) is 10.6. The van der Waals surface area contributed by atoms with Gasteiger partial charge in [0.25, 0.3) is 34.2 Å². The second-order valence-electron chi connectivity index (χ2n) is 8.68. The highest BCUT2D eigenvalue weighted by atomic mass is 19.4. The molecule has 0 bridgehead atoms. The minimum Gasteiger partial charge on any atom is -0.436 e. The van der Waals surface area contributed by atoms with Crippen LogP contribution in [0.25, 0.3) is 0 Å². The quantitative estimate of drug-likeness (QED) is 0.199. The molecule has 1 aliphatic carbocycles. The van der Waals surface area contributed by atoms with Gasteiger partial charge in [-0.1, -0.05) is 0 Å². The van der Waals surface area contributed by atoms with Gasteiger partial charge < -0.3 is 29.5 Å². The Hall–Kier alpha value is -3.96. The molecule has 0 heterocycles. The van der Waals surface area contributed by atoms with Crippen LogP contribution in [-0.2, 0) is 43.0 Å². The van der Waals surface area contributed by atoms with E-state index in [1.54, 1.807) is 0 Å². The highest BCUT2D eigenvalue weighted by molar-refractivity contribution is 6.14. The van der Waals surface area contributed by atoms with Gasteiger partial charge in [-0.2, -0.15) is 79.0 Å². The number of carbonyl (C=O) groups is 6. The summed E-state index contributed by atoms with van der Waals surface area (Å²) in [5, 5.41) is 30.3. The number of carbonyl (C=O) groups excluding carboxylic acids is 6. The largest absolute Gasteiger partial charge is 0.490 e. The molecule has 0 radical (unpaired) electrons. The molecule has 276 valence electrons. The number of esters is 3. The van der Waals surface area contributed by atoms with Crippen LogP contribution in [-0.4, -0.2) is 123 Å². The van der Waals surface area contributed by atoms with E-state index in [0.717, 1.165) is 0 Å². The number of alkyl halides is 18. The van der Waals surface area contributed by atoms with E-state index in [4.69, 9.17) is 0 Å². The van der Waals surface area contributed by atoms with E-state index >= 15 is 0 Å². The fourth-order valence-corrected chi connectivity index (χ4v) is 4.05. The van der Waals surface area contributed by atoms with Gasteiger partial charge in [-0.15, -0.1) is 0 Å². The van der Waals surface area contributed by atoms with Crippen molar-refractivity contribution < 1.29 is 137 Å². The van der Waals surface area contributed by atoms with Gasteiger partial charge in [0.15, 0.2) is 0 Å². The van der Waals surface area contributed by atoms with Crippen molar-refractivity contribution in [1.29, 1.82) is 0 Å². The van der Waals surface area contributed by atoms with Gasteiger partial charge in [0.1, 0.15) is 18.3 Å². The third kappa shape index (κ3) is 6.67. The lowest BCUT2D eigenvalue weighted by molar-refractivity contribution is -0.351. The van der Waals surface area contributed by atoms with E-state index in [2.05, 4.69) is 14.2 Å². The number of hydrogen-bond acceptors (Lipinski definition) is 12. The SMILES string of the molecule is O=C(OC1(C(=O)C(F)(F)F)C(O)C(O)C(O)C(OC(=O)C(F)(F)F)(C(=O)C(F)(F)F)C1(OC(=O)C(F)(F)F)C(=O)C(F)(F)F)C(F)(F)F. The zero-order valence-electron chi connectivity index (χ0n) is 21.1. The van der Waals surface area contributed by atoms with Crippen molar-refractivity contribution in [3.05, 3.63) is 0 Å². The molecule has 0 aromatic rings. The standard InChI is InChI=1S/C18H6F18O12/c19-13(20,21)4(40)10(46-7(43)16(28,29)30)2(38)1(37)3(39)11(5(41)14(22,23)24,47-8(44)17(31,32)33)12(10,6(42)15(25,26)27)48-9(45)18(34,35)36/h1-3,37-39H. The molecule has 4 unspecified atom stereocenters. The molecule has 12 nitrogen and oxygen atoms in total. The molecular weight excluding hydrogens is 750 g/mol. The second-order valence-corrected chi connectivity index (χ2v) is 8.68. The molecule has 0 amide bonds. The first kappa shape index (κ1) is 42.1. The fourth-order valence-electron chi connectivity index (χ4n) is 4.05. The van der Waals surface area contributed by atoms with Crippen molar-refractivity contribution in [3.63, 3.8) is 0 Å². The summed E-state index contributed by atoms with van der Waals surface area (Å²) in [6.07, 6.45) is -61.0. The Morgan fingerprint density at radius 1 is 0.396 bits per heavy atom. The number of aliphatic hydroxyl groups excluding tert-OH is 3. The maximum absolute atomic E-state index is 14.0. The number of halogens is 18. The minimum atomic E-state index is -7.91. The average molecular weight is 756 g/mol. The molecule has 1 aliphatic rings. The molecular formula is C18H6F18O12. The zero-order valence-corrected chi connectivity index (χ0v) is 21.1. The van der Waals surface area contributed by atoms with Crippen LogP contribution < -0.4 is 0 Å². The van der Waals surface area contributed by atoms with Crippen molar-refractivity contribution in [1.82, 2.24) is 0 Å². The first-order chi connectivity index (χ1) is 20.8. The molecule has 1 rings (SSSR count). The predicted molar refractivity (Wildman–Crippen MR) is 95.8 cm³/mol. The first-order valence-corrected chi connectivity index (χ1v) is 10.6. The van der Waals surface area contributed by atoms with E-state index in [1.165, 1.54) is 0 Å². The lowest BCUT2D eigenvalue weighted by Crippen LogP contribution is -2.93. The van der Waals surface area contributed by atoms with Gasteiger partial charge in [-0.25, -0.2) is 14.4 Å². The van der Waals surface area contributed by atoms with E-state index in [1.807, 2.05) is 0 Å². The summed E-state index contributed by atoms with van der Waals surface area (Å²) < 4.78 is 251. The zero-order chi connectivity index (χ0) is 38.8. The van der Waals surface area contributed by atoms with Crippen LogP contribution in [0.15, 0.2) is 0 Å². The summed E-state index contributed by atoms with van der Waals surface area (Å²) in [6.45, 7) is 0. The number of Topliss-reactive ketones (excluding diaryl/α,β-unsaturated/α-hetero) is 3. The summed E-state index contributed by atoms with van der Waals surface area (Å²) in [4.78, 5) is 72.7. The Balaban J connectivity index is 5.25. The second kappa shape index (κ2) is 11.9. The van der Waals surface area contributed by atoms with Gasteiger partial charge in [0, 0.05) is 0 Å². The Bertz CT molecular complexity index is 1280. The predicted octanol–water partition coefficient (Wildman–Crippen LogP) is 1.01. The number of aliphatic hydroxyl groups is 3. The molecule has 0 spiro atoms. The highest BCUT2D eigenvalue weighted by Gasteiger charge is 2.94. The third-order valence-corrected chi connectivity index (χ3v) is 5.74. The van der Waals surface area contributed by atoms with E-state index in [9.17, 15) is 123 Å². The van der Waals surface area contributed by atoms with Gasteiger partial charge in [-0.3, -0.25) is 14.4 Å². The van der Waals surface area contributed by atoms with E-state index in [-0.39, 0.29) is 0 Å². The maximum atomic E-state index is 14.0. The maximum Gasteiger partial charge on any atom is 0.490 e. The van der Waals surface area contributed by atoms with E-state index < -0.39 is 107 Å². The Morgan fingerprint density at radius 2 is 0.625 bits per heavy atom. The molecule has 0 aromatic carbocycles. The summed E-state index contributed by atoms with van der Waals surface area (Å²) in [7, 11) is 0. The number of hydrogen-bond donors (Lipinski definition) is 3. The number of ether oxygens (including phenoxy) is 3. The van der Waals surface area contributed by atoms with Crippen molar-refractivity contribution in [2.24, 2.45) is 0 Å². The lowest BCUT2D eigenvalue weighted by atomic mass is 9.53. The van der Waals surface area contributed by atoms with Gasteiger partial charge in [0.05, 0.1) is 0 Å². The van der Waals surface area contributed by atoms with Gasteiger partial charge in [0.2, 0.25) is 0 Å². The number of ketones is 3. The van der Waals surface area contributed by atoms with Crippen LogP contribution in [0.1, 0.15) is 0 Å². The van der Waals surface area contributed by atoms with Crippen LogP contribution in [0.4, 0.5) is 79.0 Å². The molecule has 3 N–H and O–H groups in total. The summed E-state index contributed by atoms with van der Waals surface area (Å²) in [5.74, 6) is -30.9. The van der Waals surface area contributed by atoms with Crippen LogP contribution in [0, 0.1) is 0 Å². The smallest absolute Gasteiger partial charge is 0.436 e. The minimum absolute atomic E-state index is 2.62. The van der Waals surface area contributed by atoms with E-state index in [0.29, 0.717) is 0 Å². The van der Waals surface area contributed by atoms with Crippen molar-refractivity contribution >= 4 is 35.3 Å². The molecule has 48 heavy (non-hydrogen) atoms. The number of rotatable bonds is 6. The Labute approximate surface area is 246 Å². The topological polar surface area (TPSA) is 191 Å². The van der Waals surface area contributed by atoms with Crippen molar-refractivity contribution in [2.75, 3.05) is 0 Å². The lowest BCUT2D eigenvalue weighted by Gasteiger charge is -2.60. The monoisotopic (exact) mass is 756 g/mol. The highest BCUT2D eigenvalue weighted by Crippen LogP contribution is 2.58. The molecule has 0 aromatic heterocycles. The Morgan fingerprint density at radius 3 is 0.833 bits per heavy atom.